The predicted molar refractivity (Wildman–Crippen MR) is 123 cm³/mol. The van der Waals surface area contributed by atoms with Crippen molar-refractivity contribution in [1.82, 2.24) is 9.62 Å². The van der Waals surface area contributed by atoms with E-state index in [0.29, 0.717) is 19.5 Å². The van der Waals surface area contributed by atoms with Crippen molar-refractivity contribution in [3.63, 3.8) is 0 Å². The first-order chi connectivity index (χ1) is 15.1. The third-order valence-corrected chi connectivity index (χ3v) is 7.82. The van der Waals surface area contributed by atoms with Crippen LogP contribution in [-0.2, 0) is 21.2 Å². The Labute approximate surface area is 184 Å². The number of aryl methyl sites for hydroxylation is 1. The van der Waals surface area contributed by atoms with E-state index >= 15 is 0 Å². The van der Waals surface area contributed by atoms with E-state index in [1.54, 1.807) is 30.3 Å². The molecule has 31 heavy (non-hydrogen) atoms. The molecule has 162 valence electrons. The number of piperidine rings is 1. The van der Waals surface area contributed by atoms with Gasteiger partial charge in [-0.2, -0.15) is 4.31 Å². The van der Waals surface area contributed by atoms with Crippen molar-refractivity contribution in [2.75, 3.05) is 19.6 Å². The van der Waals surface area contributed by atoms with Crippen molar-refractivity contribution in [2.24, 2.45) is 5.92 Å². The molecule has 0 spiro atoms. The van der Waals surface area contributed by atoms with Crippen molar-refractivity contribution in [3.05, 3.63) is 78.4 Å². The van der Waals surface area contributed by atoms with Crippen LogP contribution < -0.4 is 5.32 Å². The van der Waals surface area contributed by atoms with E-state index in [9.17, 15) is 13.2 Å². The minimum atomic E-state index is -3.56. The SMILES string of the molecule is O=C(NCCCc1cccc2ccccc12)[C@H]1CCCN(S(=O)(=O)c2ccccc2)C1. The lowest BCUT2D eigenvalue weighted by atomic mass is 9.98. The van der Waals surface area contributed by atoms with Gasteiger partial charge in [0.2, 0.25) is 15.9 Å². The Morgan fingerprint density at radius 1 is 0.968 bits per heavy atom. The Balaban J connectivity index is 1.30. The van der Waals surface area contributed by atoms with Gasteiger partial charge in [0.1, 0.15) is 0 Å². The monoisotopic (exact) mass is 436 g/mol. The molecule has 1 aliphatic heterocycles. The molecule has 6 heteroatoms. The van der Waals surface area contributed by atoms with Crippen LogP contribution in [-0.4, -0.2) is 38.3 Å². The summed E-state index contributed by atoms with van der Waals surface area (Å²) < 4.78 is 27.2. The maximum Gasteiger partial charge on any atom is 0.243 e. The summed E-state index contributed by atoms with van der Waals surface area (Å²) in [4.78, 5) is 13.0. The molecule has 1 aliphatic rings. The summed E-state index contributed by atoms with van der Waals surface area (Å²) in [6.45, 7) is 1.29. The van der Waals surface area contributed by atoms with Crippen LogP contribution in [0.1, 0.15) is 24.8 Å². The molecule has 3 aromatic rings. The number of amides is 1. The number of benzene rings is 3. The highest BCUT2D eigenvalue weighted by atomic mass is 32.2. The average molecular weight is 437 g/mol. The zero-order valence-electron chi connectivity index (χ0n) is 17.5. The van der Waals surface area contributed by atoms with E-state index in [0.717, 1.165) is 19.3 Å². The number of hydrogen-bond donors (Lipinski definition) is 1. The molecule has 1 saturated heterocycles. The lowest BCUT2D eigenvalue weighted by Crippen LogP contribution is -2.45. The number of sulfonamides is 1. The molecule has 0 aliphatic carbocycles. The Bertz CT molecular complexity index is 1140. The van der Waals surface area contributed by atoms with Crippen LogP contribution in [0.3, 0.4) is 0 Å². The second-order valence-electron chi connectivity index (χ2n) is 8.05. The number of carbonyl (C=O) groups excluding carboxylic acids is 1. The number of rotatable bonds is 7. The van der Waals surface area contributed by atoms with Gasteiger partial charge in [-0.1, -0.05) is 60.7 Å². The van der Waals surface area contributed by atoms with Crippen molar-refractivity contribution in [2.45, 2.75) is 30.6 Å². The highest BCUT2D eigenvalue weighted by Gasteiger charge is 2.33. The molecule has 0 aromatic heterocycles. The molecule has 0 saturated carbocycles. The molecule has 3 aromatic carbocycles. The average Bonchev–Trinajstić information content (AvgIpc) is 2.82. The van der Waals surface area contributed by atoms with Crippen LogP contribution in [0.5, 0.6) is 0 Å². The Kier molecular flexibility index (Phi) is 6.68. The fourth-order valence-corrected chi connectivity index (χ4v) is 5.81. The fraction of sp³-hybridized carbons (Fsp3) is 0.320. The van der Waals surface area contributed by atoms with Crippen molar-refractivity contribution in [3.8, 4) is 0 Å². The molecular formula is C25H28N2O3S. The summed E-state index contributed by atoms with van der Waals surface area (Å²) in [5.74, 6) is -0.351. The molecule has 0 radical (unpaired) electrons. The Morgan fingerprint density at radius 2 is 1.71 bits per heavy atom. The van der Waals surface area contributed by atoms with Gasteiger partial charge in [0.05, 0.1) is 10.8 Å². The zero-order chi connectivity index (χ0) is 21.7. The molecule has 0 bridgehead atoms. The quantitative estimate of drug-likeness (QED) is 0.570. The first-order valence-corrected chi connectivity index (χ1v) is 12.3. The highest BCUT2D eigenvalue weighted by Crippen LogP contribution is 2.24. The molecule has 5 nitrogen and oxygen atoms in total. The minimum Gasteiger partial charge on any atom is -0.356 e. The summed E-state index contributed by atoms with van der Waals surface area (Å²) >= 11 is 0. The summed E-state index contributed by atoms with van der Waals surface area (Å²) in [6.07, 6.45) is 3.15. The van der Waals surface area contributed by atoms with Gasteiger partial charge in [-0.25, -0.2) is 8.42 Å². The Morgan fingerprint density at radius 3 is 2.55 bits per heavy atom. The van der Waals surface area contributed by atoms with Crippen molar-refractivity contribution >= 4 is 26.7 Å². The van der Waals surface area contributed by atoms with Gasteiger partial charge in [0, 0.05) is 19.6 Å². The van der Waals surface area contributed by atoms with Crippen molar-refractivity contribution in [1.29, 1.82) is 0 Å². The second kappa shape index (κ2) is 9.62. The lowest BCUT2D eigenvalue weighted by molar-refractivity contribution is -0.126. The van der Waals surface area contributed by atoms with Gasteiger partial charge >= 0.3 is 0 Å². The highest BCUT2D eigenvalue weighted by molar-refractivity contribution is 7.89. The number of nitrogens with zero attached hydrogens (tertiary/aromatic N) is 1. The van der Waals surface area contributed by atoms with Gasteiger partial charge in [0.25, 0.3) is 0 Å². The summed E-state index contributed by atoms with van der Waals surface area (Å²) in [5, 5.41) is 5.50. The van der Waals surface area contributed by atoms with E-state index in [4.69, 9.17) is 0 Å². The van der Waals surface area contributed by atoms with E-state index in [2.05, 4.69) is 35.6 Å². The topological polar surface area (TPSA) is 66.5 Å². The van der Waals surface area contributed by atoms with Crippen molar-refractivity contribution < 1.29 is 13.2 Å². The first-order valence-electron chi connectivity index (χ1n) is 10.9. The van der Waals surface area contributed by atoms with E-state index < -0.39 is 10.0 Å². The van der Waals surface area contributed by atoms with Crippen LogP contribution in [0.25, 0.3) is 10.8 Å². The van der Waals surface area contributed by atoms with Gasteiger partial charge in [-0.05, 0) is 54.2 Å². The smallest absolute Gasteiger partial charge is 0.243 e. The minimum absolute atomic E-state index is 0.0501. The van der Waals surface area contributed by atoms with E-state index in [1.807, 2.05) is 12.1 Å². The predicted octanol–water partition coefficient (Wildman–Crippen LogP) is 3.99. The van der Waals surface area contributed by atoms with Gasteiger partial charge in [0.15, 0.2) is 0 Å². The van der Waals surface area contributed by atoms with Gasteiger partial charge < -0.3 is 5.32 Å². The molecule has 1 atom stereocenters. The molecule has 1 heterocycles. The third kappa shape index (κ3) is 4.97. The number of fused-ring (bicyclic) bond motifs is 1. The largest absolute Gasteiger partial charge is 0.356 e. The van der Waals surface area contributed by atoms with E-state index in [-0.39, 0.29) is 23.3 Å². The van der Waals surface area contributed by atoms with Crippen LogP contribution in [0.2, 0.25) is 0 Å². The fourth-order valence-electron chi connectivity index (χ4n) is 4.26. The maximum atomic E-state index is 12.9. The summed E-state index contributed by atoms with van der Waals surface area (Å²) in [5.41, 5.74) is 1.28. The molecule has 1 fully saturated rings. The molecule has 1 N–H and O–H groups in total. The molecule has 1 amide bonds. The maximum absolute atomic E-state index is 12.9. The van der Waals surface area contributed by atoms with Crippen LogP contribution >= 0.6 is 0 Å². The number of carbonyl (C=O) groups is 1. The first kappa shape index (κ1) is 21.5. The molecule has 0 unspecified atom stereocenters. The second-order valence-corrected chi connectivity index (χ2v) is 9.99. The van der Waals surface area contributed by atoms with Gasteiger partial charge in [-0.3, -0.25) is 4.79 Å². The molecular weight excluding hydrogens is 408 g/mol. The lowest BCUT2D eigenvalue weighted by Gasteiger charge is -2.31. The zero-order valence-corrected chi connectivity index (χ0v) is 18.4. The Hall–Kier alpha value is -2.70. The van der Waals surface area contributed by atoms with Crippen LogP contribution in [0.4, 0.5) is 0 Å². The number of nitrogens with one attached hydrogen (secondary N) is 1. The van der Waals surface area contributed by atoms with Crippen LogP contribution in [0, 0.1) is 5.92 Å². The van der Waals surface area contributed by atoms with Gasteiger partial charge in [-0.15, -0.1) is 0 Å². The summed E-state index contributed by atoms with van der Waals surface area (Å²) in [7, 11) is -3.56. The standard InChI is InChI=1S/C25H28N2O3S/c28-25(26-17-7-12-21-11-6-10-20-9-4-5-16-24(20)21)22-13-8-18-27(19-22)31(29,30)23-14-2-1-3-15-23/h1-6,9-11,14-16,22H,7-8,12-13,17-19H2,(H,26,28)/t22-/m0/s1. The normalized spacial score (nSPS) is 17.5. The van der Waals surface area contributed by atoms with E-state index in [1.165, 1.54) is 20.6 Å². The van der Waals surface area contributed by atoms with Crippen LogP contribution in [0.15, 0.2) is 77.7 Å². The number of hydrogen-bond acceptors (Lipinski definition) is 3. The molecule has 4 rings (SSSR count). The summed E-state index contributed by atoms with van der Waals surface area (Å²) in [6, 6.07) is 23.1. The third-order valence-electron chi connectivity index (χ3n) is 5.94.